The van der Waals surface area contributed by atoms with Gasteiger partial charge in [0, 0.05) is 11.8 Å². The van der Waals surface area contributed by atoms with E-state index >= 15 is 0 Å². The second-order valence-electron chi connectivity index (χ2n) is 6.02. The molecule has 1 amide bonds. The van der Waals surface area contributed by atoms with E-state index in [0.29, 0.717) is 27.5 Å². The van der Waals surface area contributed by atoms with Crippen LogP contribution in [0, 0.1) is 0 Å². The van der Waals surface area contributed by atoms with Crippen molar-refractivity contribution in [3.05, 3.63) is 83.8 Å². The number of nitrogens with one attached hydrogen (secondary N) is 1. The van der Waals surface area contributed by atoms with E-state index in [-0.39, 0.29) is 18.2 Å². The van der Waals surface area contributed by atoms with Crippen molar-refractivity contribution >= 4 is 23.4 Å². The highest BCUT2D eigenvalue weighted by molar-refractivity contribution is 6.33. The van der Waals surface area contributed by atoms with Crippen molar-refractivity contribution in [1.82, 2.24) is 15.1 Å². The third-order valence-corrected chi connectivity index (χ3v) is 4.45. The summed E-state index contributed by atoms with van der Waals surface area (Å²) in [5.74, 6) is -0.00193. The maximum Gasteiger partial charge on any atom is 0.241 e. The Morgan fingerprint density at radius 1 is 1.04 bits per heavy atom. The monoisotopic (exact) mass is 390 g/mol. The van der Waals surface area contributed by atoms with Crippen LogP contribution in [0.1, 0.15) is 5.56 Å². The second kappa shape index (κ2) is 8.02. The van der Waals surface area contributed by atoms with Crippen LogP contribution in [0.25, 0.3) is 22.5 Å². The molecule has 0 atom stereocenters. The zero-order chi connectivity index (χ0) is 19.3. The van der Waals surface area contributed by atoms with Crippen molar-refractivity contribution < 1.29 is 9.32 Å². The number of hydrogen-bond acceptors (Lipinski definition) is 5. The normalized spacial score (nSPS) is 10.6. The number of benzene rings is 2. The molecule has 0 aliphatic heterocycles. The lowest BCUT2D eigenvalue weighted by atomic mass is 10.0. The van der Waals surface area contributed by atoms with Gasteiger partial charge in [0.05, 0.1) is 22.7 Å². The van der Waals surface area contributed by atoms with Crippen molar-refractivity contribution in [3.8, 4) is 22.5 Å². The third-order valence-electron chi connectivity index (χ3n) is 4.12. The van der Waals surface area contributed by atoms with Gasteiger partial charge in [-0.2, -0.15) is 0 Å². The van der Waals surface area contributed by atoms with Crippen molar-refractivity contribution in [3.63, 3.8) is 0 Å². The van der Waals surface area contributed by atoms with Crippen molar-refractivity contribution in [2.45, 2.75) is 6.42 Å². The van der Waals surface area contributed by atoms with Crippen molar-refractivity contribution in [1.29, 1.82) is 0 Å². The van der Waals surface area contributed by atoms with Gasteiger partial charge in [-0.15, -0.1) is 0 Å². The Labute approximate surface area is 166 Å². The van der Waals surface area contributed by atoms with E-state index in [4.69, 9.17) is 16.1 Å². The quantitative estimate of drug-likeness (QED) is 0.537. The van der Waals surface area contributed by atoms with Crippen LogP contribution in [0.2, 0.25) is 5.02 Å². The lowest BCUT2D eigenvalue weighted by Gasteiger charge is -2.06. The molecule has 6 nitrogen and oxygen atoms in total. The molecule has 2 aromatic carbocycles. The molecular formula is C21H15ClN4O2. The molecule has 0 unspecified atom stereocenters. The molecule has 0 aliphatic carbocycles. The Morgan fingerprint density at radius 3 is 2.57 bits per heavy atom. The fourth-order valence-electron chi connectivity index (χ4n) is 2.84. The molecule has 0 spiro atoms. The summed E-state index contributed by atoms with van der Waals surface area (Å²) in [6, 6.07) is 18.5. The Morgan fingerprint density at radius 2 is 1.82 bits per heavy atom. The van der Waals surface area contributed by atoms with Gasteiger partial charge in [0.2, 0.25) is 11.8 Å². The molecule has 138 valence electrons. The molecule has 2 aromatic heterocycles. The van der Waals surface area contributed by atoms with E-state index < -0.39 is 0 Å². The van der Waals surface area contributed by atoms with E-state index in [0.717, 1.165) is 5.56 Å². The minimum absolute atomic E-state index is 0.214. The smallest absolute Gasteiger partial charge is 0.241 e. The lowest BCUT2D eigenvalue weighted by Crippen LogP contribution is -2.14. The van der Waals surface area contributed by atoms with Gasteiger partial charge in [-0.05, 0) is 17.7 Å². The lowest BCUT2D eigenvalue weighted by molar-refractivity contribution is -0.115. The number of carbonyl (C=O) groups is 1. The van der Waals surface area contributed by atoms with Gasteiger partial charge in [-0.1, -0.05) is 65.3 Å². The summed E-state index contributed by atoms with van der Waals surface area (Å²) in [5, 5.41) is 7.47. The minimum Gasteiger partial charge on any atom is -0.337 e. The fraction of sp³-hybridized carbons (Fsp3) is 0.0476. The van der Waals surface area contributed by atoms with E-state index in [1.807, 2.05) is 48.5 Å². The van der Waals surface area contributed by atoms with Gasteiger partial charge >= 0.3 is 0 Å². The van der Waals surface area contributed by atoms with Gasteiger partial charge < -0.3 is 4.52 Å². The molecule has 0 bridgehead atoms. The predicted molar refractivity (Wildman–Crippen MR) is 107 cm³/mol. The molecule has 0 aliphatic rings. The van der Waals surface area contributed by atoms with Crippen molar-refractivity contribution in [2.24, 2.45) is 0 Å². The highest BCUT2D eigenvalue weighted by atomic mass is 35.5. The molecule has 1 N–H and O–H groups in total. The van der Waals surface area contributed by atoms with Crippen LogP contribution >= 0.6 is 11.6 Å². The average Bonchev–Trinajstić information content (AvgIpc) is 3.13. The van der Waals surface area contributed by atoms with Crippen LogP contribution in [0.4, 0.5) is 5.88 Å². The van der Waals surface area contributed by atoms with Crippen LogP contribution < -0.4 is 5.32 Å². The maximum absolute atomic E-state index is 12.5. The maximum atomic E-state index is 12.5. The summed E-state index contributed by atoms with van der Waals surface area (Å²) in [4.78, 5) is 20.8. The Bertz CT molecular complexity index is 1100. The Kier molecular flexibility index (Phi) is 5.12. The molecule has 0 saturated carbocycles. The zero-order valence-electron chi connectivity index (χ0n) is 14.7. The second-order valence-corrected chi connectivity index (χ2v) is 6.43. The molecule has 28 heavy (non-hydrogen) atoms. The number of rotatable bonds is 5. The molecule has 0 saturated heterocycles. The number of aromatic nitrogens is 3. The van der Waals surface area contributed by atoms with E-state index in [9.17, 15) is 4.79 Å². The SMILES string of the molecule is O=C(Cc1ccccc1)Nc1onc(-c2ccccc2Cl)c1-c1ccncn1. The minimum atomic E-state index is -0.219. The molecule has 4 aromatic rings. The summed E-state index contributed by atoms with van der Waals surface area (Å²) < 4.78 is 5.47. The average molecular weight is 391 g/mol. The first-order valence-corrected chi connectivity index (χ1v) is 8.95. The van der Waals surface area contributed by atoms with E-state index in [1.165, 1.54) is 6.33 Å². The first kappa shape index (κ1) is 17.9. The summed E-state index contributed by atoms with van der Waals surface area (Å²) >= 11 is 6.34. The van der Waals surface area contributed by atoms with Crippen LogP contribution in [0.5, 0.6) is 0 Å². The summed E-state index contributed by atoms with van der Waals surface area (Å²) in [7, 11) is 0. The van der Waals surface area contributed by atoms with Gasteiger partial charge in [0.15, 0.2) is 0 Å². The molecule has 7 heteroatoms. The fourth-order valence-corrected chi connectivity index (χ4v) is 3.07. The Balaban J connectivity index is 1.72. The number of nitrogens with zero attached hydrogens (tertiary/aromatic N) is 3. The number of anilines is 1. The first-order valence-electron chi connectivity index (χ1n) is 8.57. The molecule has 4 rings (SSSR count). The number of halogens is 1. The molecule has 0 fully saturated rings. The van der Waals surface area contributed by atoms with Gasteiger partial charge in [-0.25, -0.2) is 9.97 Å². The van der Waals surface area contributed by atoms with Gasteiger partial charge in [-0.3, -0.25) is 10.1 Å². The molecule has 0 radical (unpaired) electrons. The summed E-state index contributed by atoms with van der Waals surface area (Å²) in [6.07, 6.45) is 3.25. The third kappa shape index (κ3) is 3.77. The topological polar surface area (TPSA) is 80.9 Å². The molecular weight excluding hydrogens is 376 g/mol. The van der Waals surface area contributed by atoms with Gasteiger partial charge in [0.25, 0.3) is 0 Å². The van der Waals surface area contributed by atoms with E-state index in [1.54, 1.807) is 18.3 Å². The number of carbonyl (C=O) groups excluding carboxylic acids is 1. The largest absolute Gasteiger partial charge is 0.337 e. The van der Waals surface area contributed by atoms with Crippen LogP contribution in [0.15, 0.2) is 77.7 Å². The van der Waals surface area contributed by atoms with Crippen LogP contribution in [-0.4, -0.2) is 21.0 Å². The van der Waals surface area contributed by atoms with Gasteiger partial charge in [0.1, 0.15) is 12.0 Å². The van der Waals surface area contributed by atoms with Crippen LogP contribution in [0.3, 0.4) is 0 Å². The van der Waals surface area contributed by atoms with Crippen molar-refractivity contribution in [2.75, 3.05) is 5.32 Å². The number of amides is 1. The summed E-state index contributed by atoms with van der Waals surface area (Å²) in [5.41, 5.74) is 3.21. The number of hydrogen-bond donors (Lipinski definition) is 1. The first-order chi connectivity index (χ1) is 13.7. The molecule has 2 heterocycles. The highest BCUT2D eigenvalue weighted by Gasteiger charge is 2.23. The summed E-state index contributed by atoms with van der Waals surface area (Å²) in [6.45, 7) is 0. The standard InChI is InChI=1S/C21H15ClN4O2/c22-16-9-5-4-8-15(16)20-19(17-10-11-23-13-24-17)21(28-26-20)25-18(27)12-14-6-2-1-3-7-14/h1-11,13H,12H2,(H,25,27). The zero-order valence-corrected chi connectivity index (χ0v) is 15.4. The highest BCUT2D eigenvalue weighted by Crippen LogP contribution is 2.39. The Hall–Kier alpha value is -3.51. The van der Waals surface area contributed by atoms with Crippen LogP contribution in [-0.2, 0) is 11.2 Å². The predicted octanol–water partition coefficient (Wildman–Crippen LogP) is 4.63. The van der Waals surface area contributed by atoms with E-state index in [2.05, 4.69) is 20.4 Å².